The summed E-state index contributed by atoms with van der Waals surface area (Å²) < 4.78 is 24.7. The lowest BCUT2D eigenvalue weighted by molar-refractivity contribution is -0.386. The van der Waals surface area contributed by atoms with E-state index in [-0.39, 0.29) is 42.3 Å². The van der Waals surface area contributed by atoms with Crippen molar-refractivity contribution in [3.63, 3.8) is 0 Å². The molecule has 11 heteroatoms. The molecule has 0 atom stereocenters. The van der Waals surface area contributed by atoms with Crippen LogP contribution < -0.4 is 19.6 Å². The maximum absolute atomic E-state index is 12.5. The number of hydrogen-bond acceptors (Lipinski definition) is 8. The molecule has 4 aromatic rings. The number of nitrogens with one attached hydrogen (secondary N) is 1. The number of nitro benzene ring substituents is 1. The van der Waals surface area contributed by atoms with Crippen LogP contribution in [0.2, 0.25) is 0 Å². The highest BCUT2D eigenvalue weighted by Gasteiger charge is 2.23. The summed E-state index contributed by atoms with van der Waals surface area (Å²) in [4.78, 5) is 23.6. The van der Waals surface area contributed by atoms with Crippen LogP contribution in [0.4, 0.5) is 5.69 Å². The summed E-state index contributed by atoms with van der Waals surface area (Å²) in [5.41, 5.74) is 5.77. The second-order valence-electron chi connectivity index (χ2n) is 9.42. The Morgan fingerprint density at radius 2 is 1.78 bits per heavy atom. The Balaban J connectivity index is 1.37. The van der Waals surface area contributed by atoms with Gasteiger partial charge in [0.15, 0.2) is 11.5 Å². The van der Waals surface area contributed by atoms with Crippen molar-refractivity contribution in [2.24, 2.45) is 5.10 Å². The van der Waals surface area contributed by atoms with Crippen molar-refractivity contribution in [2.45, 2.75) is 47.3 Å². The van der Waals surface area contributed by atoms with Gasteiger partial charge in [-0.1, -0.05) is 0 Å². The number of amides is 1. The fourth-order valence-electron chi connectivity index (χ4n) is 4.15. The van der Waals surface area contributed by atoms with Crippen LogP contribution in [0.3, 0.4) is 0 Å². The topological polar surface area (TPSA) is 130 Å². The zero-order valence-corrected chi connectivity index (χ0v) is 23.5. The molecule has 0 aliphatic rings. The molecule has 214 valence electrons. The number of furan rings is 1. The number of aromatic nitrogens is 1. The molecule has 1 N–H and O–H groups in total. The Morgan fingerprint density at radius 3 is 2.41 bits per heavy atom. The summed E-state index contributed by atoms with van der Waals surface area (Å²) in [5, 5.41) is 15.6. The third-order valence-electron chi connectivity index (χ3n) is 5.92. The number of benzene rings is 2. The van der Waals surface area contributed by atoms with Gasteiger partial charge in [-0.2, -0.15) is 5.10 Å². The van der Waals surface area contributed by atoms with Gasteiger partial charge in [-0.15, -0.1) is 0 Å². The summed E-state index contributed by atoms with van der Waals surface area (Å²) in [6, 6.07) is 17.9. The van der Waals surface area contributed by atoms with E-state index in [1.165, 1.54) is 18.3 Å². The minimum atomic E-state index is -0.589. The van der Waals surface area contributed by atoms with E-state index in [1.54, 1.807) is 32.9 Å². The molecule has 0 saturated carbocycles. The van der Waals surface area contributed by atoms with Gasteiger partial charge in [-0.05, 0) is 89.2 Å². The lowest BCUT2D eigenvalue weighted by atomic mass is 10.2. The molecule has 0 radical (unpaired) electrons. The van der Waals surface area contributed by atoms with Gasteiger partial charge in [-0.25, -0.2) is 5.43 Å². The molecule has 0 unspecified atom stereocenters. The van der Waals surface area contributed by atoms with Gasteiger partial charge in [-0.3, -0.25) is 14.9 Å². The number of aryl methyl sites for hydroxylation is 2. The number of ether oxygens (including phenoxy) is 3. The van der Waals surface area contributed by atoms with E-state index in [0.717, 1.165) is 17.1 Å². The molecule has 41 heavy (non-hydrogen) atoms. The van der Waals surface area contributed by atoms with Gasteiger partial charge < -0.3 is 23.2 Å². The van der Waals surface area contributed by atoms with Crippen molar-refractivity contribution in [1.29, 1.82) is 0 Å². The fraction of sp³-hybridized carbons (Fsp3) is 0.267. The average molecular weight is 561 g/mol. The Labute approximate surface area is 237 Å². The maximum Gasteiger partial charge on any atom is 0.315 e. The quantitative estimate of drug-likeness (QED) is 0.125. The Hall–Kier alpha value is -5.06. The summed E-state index contributed by atoms with van der Waals surface area (Å²) in [6.07, 6.45) is 0.986. The van der Waals surface area contributed by atoms with Gasteiger partial charge in [0.25, 0.3) is 0 Å². The highest BCUT2D eigenvalue weighted by molar-refractivity contribution is 5.92. The largest absolute Gasteiger partial charge is 0.490 e. The second-order valence-corrected chi connectivity index (χ2v) is 9.42. The van der Waals surface area contributed by atoms with E-state index in [2.05, 4.69) is 41.1 Å². The predicted molar refractivity (Wildman–Crippen MR) is 153 cm³/mol. The van der Waals surface area contributed by atoms with Crippen LogP contribution in [0.15, 0.2) is 70.2 Å². The Bertz CT molecular complexity index is 1530. The van der Waals surface area contributed by atoms with Crippen LogP contribution in [-0.2, 0) is 6.61 Å². The van der Waals surface area contributed by atoms with Crippen molar-refractivity contribution in [2.75, 3.05) is 6.61 Å². The van der Waals surface area contributed by atoms with Crippen molar-refractivity contribution in [1.82, 2.24) is 9.99 Å². The van der Waals surface area contributed by atoms with Crippen LogP contribution in [0.5, 0.6) is 17.2 Å². The smallest absolute Gasteiger partial charge is 0.315 e. The standard InChI is InChI=1S/C30H32N4O7/c1-6-38-28-16-22(15-26(34(36)37)29(28)40-19(2)3)17-31-32-30(35)27-14-13-25(41-27)18-39-24-11-9-23(10-12-24)33-20(4)7-8-21(33)5/h7-17,19H,6,18H2,1-5H3,(H,32,35)/b31-17+. The number of hydrogen-bond donors (Lipinski definition) is 1. The second kappa shape index (κ2) is 12.9. The molecule has 2 aromatic carbocycles. The van der Waals surface area contributed by atoms with Gasteiger partial charge in [0.2, 0.25) is 5.75 Å². The summed E-state index contributed by atoms with van der Waals surface area (Å²) in [7, 11) is 0. The van der Waals surface area contributed by atoms with E-state index in [0.29, 0.717) is 17.1 Å². The third-order valence-corrected chi connectivity index (χ3v) is 5.92. The lowest BCUT2D eigenvalue weighted by Gasteiger charge is -2.15. The highest BCUT2D eigenvalue weighted by atomic mass is 16.6. The van der Waals surface area contributed by atoms with E-state index >= 15 is 0 Å². The van der Waals surface area contributed by atoms with Gasteiger partial charge >= 0.3 is 11.6 Å². The lowest BCUT2D eigenvalue weighted by Crippen LogP contribution is -2.17. The molecule has 0 bridgehead atoms. The van der Waals surface area contributed by atoms with E-state index in [4.69, 9.17) is 18.6 Å². The minimum absolute atomic E-state index is 0.0383. The molecule has 2 aromatic heterocycles. The van der Waals surface area contributed by atoms with E-state index in [1.807, 2.05) is 24.3 Å². The molecule has 1 amide bonds. The average Bonchev–Trinajstić information content (AvgIpc) is 3.55. The molecule has 0 saturated heterocycles. The SMILES string of the molecule is CCOc1cc(/C=N/NC(=O)c2ccc(COc3ccc(-n4c(C)ccc4C)cc3)o2)cc([N+](=O)[O-])c1OC(C)C. The monoisotopic (exact) mass is 560 g/mol. The van der Waals surface area contributed by atoms with E-state index < -0.39 is 10.8 Å². The summed E-state index contributed by atoms with van der Waals surface area (Å²) in [5.74, 6) is 0.820. The molecule has 4 rings (SSSR count). The molecule has 0 aliphatic carbocycles. The fourth-order valence-corrected chi connectivity index (χ4v) is 4.15. The first-order valence-electron chi connectivity index (χ1n) is 13.1. The van der Waals surface area contributed by atoms with Crippen LogP contribution >= 0.6 is 0 Å². The van der Waals surface area contributed by atoms with Crippen molar-refractivity contribution < 1.29 is 28.3 Å². The van der Waals surface area contributed by atoms with Crippen LogP contribution in [-0.4, -0.2) is 34.3 Å². The molecule has 0 spiro atoms. The van der Waals surface area contributed by atoms with E-state index in [9.17, 15) is 14.9 Å². The molecule has 0 aliphatic heterocycles. The molecule has 11 nitrogen and oxygen atoms in total. The molecule has 2 heterocycles. The number of hydrazone groups is 1. The van der Waals surface area contributed by atoms with Crippen LogP contribution in [0.1, 0.15) is 54.0 Å². The number of carbonyl (C=O) groups is 1. The molecular formula is C30H32N4O7. The first kappa shape index (κ1) is 28.9. The number of rotatable bonds is 12. The highest BCUT2D eigenvalue weighted by Crippen LogP contribution is 2.39. The summed E-state index contributed by atoms with van der Waals surface area (Å²) in [6.45, 7) is 9.81. The minimum Gasteiger partial charge on any atom is -0.490 e. The van der Waals surface area contributed by atoms with Gasteiger partial charge in [0.05, 0.1) is 23.8 Å². The normalized spacial score (nSPS) is 11.2. The third kappa shape index (κ3) is 7.13. The first-order chi connectivity index (χ1) is 19.7. The van der Waals surface area contributed by atoms with Crippen LogP contribution in [0.25, 0.3) is 5.69 Å². The Kier molecular flexibility index (Phi) is 9.08. The molecule has 0 fully saturated rings. The number of carbonyl (C=O) groups excluding carboxylic acids is 1. The van der Waals surface area contributed by atoms with Gasteiger partial charge in [0.1, 0.15) is 18.1 Å². The summed E-state index contributed by atoms with van der Waals surface area (Å²) >= 11 is 0. The van der Waals surface area contributed by atoms with Crippen LogP contribution in [0, 0.1) is 24.0 Å². The predicted octanol–water partition coefficient (Wildman–Crippen LogP) is 6.12. The maximum atomic E-state index is 12.5. The van der Waals surface area contributed by atoms with Crippen molar-refractivity contribution in [3.8, 4) is 22.9 Å². The Morgan fingerprint density at radius 1 is 1.07 bits per heavy atom. The van der Waals surface area contributed by atoms with Crippen molar-refractivity contribution in [3.05, 3.63) is 99.2 Å². The van der Waals surface area contributed by atoms with Crippen molar-refractivity contribution >= 4 is 17.8 Å². The number of nitro groups is 1. The zero-order valence-electron chi connectivity index (χ0n) is 23.5. The molecular weight excluding hydrogens is 528 g/mol. The zero-order chi connectivity index (χ0) is 29.5. The van der Waals surface area contributed by atoms with Gasteiger partial charge in [0, 0.05) is 28.7 Å². The number of nitrogens with zero attached hydrogens (tertiary/aromatic N) is 3. The first-order valence-corrected chi connectivity index (χ1v) is 13.1.